The first kappa shape index (κ1) is 18.2. The van der Waals surface area contributed by atoms with Crippen molar-refractivity contribution in [3.05, 3.63) is 59.8 Å². The van der Waals surface area contributed by atoms with Crippen LogP contribution in [0.1, 0.15) is 23.6 Å². The summed E-state index contributed by atoms with van der Waals surface area (Å²) in [4.78, 5) is 0.258. The van der Waals surface area contributed by atoms with E-state index in [1.54, 1.807) is 0 Å². The summed E-state index contributed by atoms with van der Waals surface area (Å²) in [5, 5.41) is 2.98. The Bertz CT molecular complexity index is 1060. The Morgan fingerprint density at radius 3 is 2.56 bits per heavy atom. The second-order valence-corrected chi connectivity index (χ2v) is 9.20. The van der Waals surface area contributed by atoms with Gasteiger partial charge in [0.2, 0.25) is 10.0 Å². The van der Waals surface area contributed by atoms with E-state index in [1.165, 1.54) is 12.1 Å². The molecule has 142 valence electrons. The van der Waals surface area contributed by atoms with Crippen LogP contribution in [0, 0.1) is 0 Å². The molecule has 0 unspecified atom stereocenters. The molecule has 1 fully saturated rings. The van der Waals surface area contributed by atoms with Gasteiger partial charge in [0.05, 0.1) is 4.88 Å². The van der Waals surface area contributed by atoms with Crippen molar-refractivity contribution in [1.29, 1.82) is 0 Å². The van der Waals surface area contributed by atoms with Gasteiger partial charge in [-0.05, 0) is 24.1 Å². The number of hydrogen-bond donors (Lipinski definition) is 1. The third-order valence-electron chi connectivity index (χ3n) is 4.21. The number of benzene rings is 1. The van der Waals surface area contributed by atoms with E-state index in [-0.39, 0.29) is 26.8 Å². The minimum atomic E-state index is -4.62. The van der Waals surface area contributed by atoms with Crippen molar-refractivity contribution >= 4 is 21.4 Å². The van der Waals surface area contributed by atoms with Crippen molar-refractivity contribution in [2.45, 2.75) is 28.8 Å². The Labute approximate surface area is 156 Å². The van der Waals surface area contributed by atoms with Crippen LogP contribution in [0.5, 0.6) is 0 Å². The lowest BCUT2D eigenvalue weighted by Gasteiger charge is -2.04. The van der Waals surface area contributed by atoms with E-state index in [2.05, 4.69) is 9.88 Å². The molecule has 0 saturated heterocycles. The molecular formula is C17H13F3N2O3S2. The molecule has 4 rings (SSSR count). The molecular weight excluding hydrogens is 401 g/mol. The minimum Gasteiger partial charge on any atom is -0.355 e. The molecule has 1 N–H and O–H groups in total. The summed E-state index contributed by atoms with van der Waals surface area (Å²) >= 11 is 0.832. The van der Waals surface area contributed by atoms with E-state index in [0.717, 1.165) is 23.0 Å². The smallest absolute Gasteiger partial charge is 0.355 e. The molecule has 0 amide bonds. The number of aromatic nitrogens is 1. The molecule has 0 bridgehead atoms. The minimum absolute atomic E-state index is 0.0150. The van der Waals surface area contributed by atoms with E-state index in [0.29, 0.717) is 6.42 Å². The number of rotatable bonds is 5. The van der Waals surface area contributed by atoms with Crippen LogP contribution < -0.4 is 4.72 Å². The quantitative estimate of drug-likeness (QED) is 0.677. The molecule has 0 radical (unpaired) electrons. The molecule has 2 aromatic heterocycles. The van der Waals surface area contributed by atoms with Gasteiger partial charge in [-0.15, -0.1) is 11.3 Å². The highest BCUT2D eigenvalue weighted by Crippen LogP contribution is 2.42. The second kappa shape index (κ2) is 6.47. The first-order chi connectivity index (χ1) is 12.7. The molecule has 1 aliphatic carbocycles. The van der Waals surface area contributed by atoms with Crippen LogP contribution >= 0.6 is 11.3 Å². The highest BCUT2D eigenvalue weighted by molar-refractivity contribution is 7.91. The van der Waals surface area contributed by atoms with Crippen LogP contribution in [0.2, 0.25) is 0 Å². The second-order valence-electron chi connectivity index (χ2n) is 6.17. The summed E-state index contributed by atoms with van der Waals surface area (Å²) < 4.78 is 70.3. The Morgan fingerprint density at radius 2 is 1.89 bits per heavy atom. The van der Waals surface area contributed by atoms with Crippen molar-refractivity contribution < 1.29 is 26.1 Å². The molecule has 0 spiro atoms. The van der Waals surface area contributed by atoms with Gasteiger partial charge in [-0.1, -0.05) is 35.5 Å². The van der Waals surface area contributed by atoms with E-state index >= 15 is 0 Å². The van der Waals surface area contributed by atoms with Gasteiger partial charge in [0, 0.05) is 18.0 Å². The van der Waals surface area contributed by atoms with Crippen LogP contribution in [0.25, 0.3) is 10.6 Å². The van der Waals surface area contributed by atoms with Crippen LogP contribution in [-0.4, -0.2) is 19.6 Å². The maximum atomic E-state index is 12.6. The fourth-order valence-corrected chi connectivity index (χ4v) is 5.33. The zero-order chi connectivity index (χ0) is 19.2. The Balaban J connectivity index is 1.49. The molecule has 3 aromatic rings. The zero-order valence-corrected chi connectivity index (χ0v) is 15.2. The number of nitrogens with one attached hydrogen (secondary N) is 1. The van der Waals surface area contributed by atoms with Gasteiger partial charge in [-0.25, -0.2) is 13.1 Å². The average molecular weight is 414 g/mol. The van der Waals surface area contributed by atoms with E-state index < -0.39 is 21.9 Å². The van der Waals surface area contributed by atoms with E-state index in [4.69, 9.17) is 4.52 Å². The van der Waals surface area contributed by atoms with E-state index in [9.17, 15) is 21.6 Å². The van der Waals surface area contributed by atoms with Crippen molar-refractivity contribution in [1.82, 2.24) is 9.88 Å². The summed E-state index contributed by atoms with van der Waals surface area (Å²) in [5.74, 6) is 0.00591. The zero-order valence-electron chi connectivity index (χ0n) is 13.6. The molecule has 2 atom stereocenters. The van der Waals surface area contributed by atoms with Crippen molar-refractivity contribution in [2.75, 3.05) is 0 Å². The van der Waals surface area contributed by atoms with Crippen LogP contribution in [0.15, 0.2) is 57.3 Å². The van der Waals surface area contributed by atoms with Gasteiger partial charge in [-0.3, -0.25) is 0 Å². The first-order valence-electron chi connectivity index (χ1n) is 7.95. The predicted octanol–water partition coefficient (Wildman–Crippen LogP) is 4.26. The van der Waals surface area contributed by atoms with Gasteiger partial charge >= 0.3 is 6.18 Å². The standard InChI is InChI=1S/C17H13F3N2O3S2/c18-17(19,20)15-9-13(25-21-15)14-6-7-16(26-14)27(23,24)22-12-8-11(12)10-4-2-1-3-5-10/h1-7,9,11-12,22H,8H2/t11-,12+/m1/s1. The summed E-state index contributed by atoms with van der Waals surface area (Å²) in [6.07, 6.45) is -3.91. The first-order valence-corrected chi connectivity index (χ1v) is 10.3. The van der Waals surface area contributed by atoms with Gasteiger partial charge in [0.25, 0.3) is 0 Å². The maximum Gasteiger partial charge on any atom is 0.436 e. The highest BCUT2D eigenvalue weighted by atomic mass is 32.2. The number of thiophene rings is 1. The predicted molar refractivity (Wildman–Crippen MR) is 92.7 cm³/mol. The van der Waals surface area contributed by atoms with Crippen molar-refractivity contribution in [2.24, 2.45) is 0 Å². The molecule has 1 aliphatic rings. The van der Waals surface area contributed by atoms with Gasteiger partial charge < -0.3 is 4.52 Å². The third-order valence-corrected chi connectivity index (χ3v) is 7.30. The van der Waals surface area contributed by atoms with Crippen molar-refractivity contribution in [3.63, 3.8) is 0 Å². The molecule has 0 aliphatic heterocycles. The lowest BCUT2D eigenvalue weighted by Crippen LogP contribution is -2.26. The van der Waals surface area contributed by atoms with Crippen LogP contribution in [-0.2, 0) is 16.2 Å². The third kappa shape index (κ3) is 3.78. The summed E-state index contributed by atoms with van der Waals surface area (Å²) in [7, 11) is -3.76. The average Bonchev–Trinajstić information content (AvgIpc) is 3.05. The summed E-state index contributed by atoms with van der Waals surface area (Å²) in [6.45, 7) is 0. The molecule has 10 heteroatoms. The number of alkyl halides is 3. The largest absolute Gasteiger partial charge is 0.436 e. The molecule has 1 saturated carbocycles. The Morgan fingerprint density at radius 1 is 1.15 bits per heavy atom. The van der Waals surface area contributed by atoms with Gasteiger partial charge in [0.1, 0.15) is 4.21 Å². The molecule has 1 aromatic carbocycles. The lowest BCUT2D eigenvalue weighted by atomic mass is 10.1. The van der Waals surface area contributed by atoms with Gasteiger partial charge in [0.15, 0.2) is 11.5 Å². The monoisotopic (exact) mass is 414 g/mol. The van der Waals surface area contributed by atoms with Gasteiger partial charge in [-0.2, -0.15) is 13.2 Å². The SMILES string of the molecule is O=S(=O)(N[C@H]1C[C@@H]1c1ccccc1)c1ccc(-c2cc(C(F)(F)F)no2)s1. The number of sulfonamides is 1. The molecule has 27 heavy (non-hydrogen) atoms. The van der Waals surface area contributed by atoms with Crippen molar-refractivity contribution in [3.8, 4) is 10.6 Å². The van der Waals surface area contributed by atoms with Crippen LogP contribution in [0.4, 0.5) is 13.2 Å². The molecule has 2 heterocycles. The maximum absolute atomic E-state index is 12.6. The fourth-order valence-electron chi connectivity index (χ4n) is 2.77. The van der Waals surface area contributed by atoms with E-state index in [1.807, 2.05) is 30.3 Å². The normalized spacial score (nSPS) is 20.0. The summed E-state index contributed by atoms with van der Waals surface area (Å²) in [6, 6.07) is 12.9. The molecule has 5 nitrogen and oxygen atoms in total. The highest BCUT2D eigenvalue weighted by Gasteiger charge is 2.41. The Kier molecular flexibility index (Phi) is 4.36. The lowest BCUT2D eigenvalue weighted by molar-refractivity contribution is -0.142. The topological polar surface area (TPSA) is 72.2 Å². The summed E-state index contributed by atoms with van der Waals surface area (Å²) in [5.41, 5.74) is -0.0875. The number of hydrogen-bond acceptors (Lipinski definition) is 5. The Hall–Kier alpha value is -2.17. The van der Waals surface area contributed by atoms with Crippen LogP contribution in [0.3, 0.4) is 0 Å². The number of nitrogens with zero attached hydrogens (tertiary/aromatic N) is 1. The fraction of sp³-hybridized carbons (Fsp3) is 0.235. The number of halogens is 3.